The summed E-state index contributed by atoms with van der Waals surface area (Å²) in [6.07, 6.45) is 7.12. The second-order valence-electron chi connectivity index (χ2n) is 5.54. The van der Waals surface area contributed by atoms with Crippen LogP contribution in [-0.4, -0.2) is 33.9 Å². The number of hydrogen-bond acceptors (Lipinski definition) is 6. The lowest BCUT2D eigenvalue weighted by atomic mass is 10.1. The summed E-state index contributed by atoms with van der Waals surface area (Å²) in [5.74, 6) is 0.492. The van der Waals surface area contributed by atoms with Crippen molar-refractivity contribution in [1.29, 1.82) is 0 Å². The van der Waals surface area contributed by atoms with Gasteiger partial charge < -0.3 is 10.6 Å². The maximum Gasteiger partial charge on any atom is 0.230 e. The second-order valence-corrected chi connectivity index (χ2v) is 7.74. The minimum Gasteiger partial charge on any atom is -0.357 e. The van der Waals surface area contributed by atoms with Gasteiger partial charge in [0, 0.05) is 12.1 Å². The van der Waals surface area contributed by atoms with Crippen LogP contribution < -0.4 is 10.6 Å². The molecule has 1 atom stereocenters. The van der Waals surface area contributed by atoms with Crippen LogP contribution in [0.3, 0.4) is 0 Å². The molecule has 0 aromatic carbocycles. The van der Waals surface area contributed by atoms with E-state index in [2.05, 4.69) is 34.7 Å². The van der Waals surface area contributed by atoms with Gasteiger partial charge in [-0.05, 0) is 26.2 Å². The molecule has 21 heavy (non-hydrogen) atoms. The van der Waals surface area contributed by atoms with Crippen LogP contribution in [0.4, 0.5) is 5.13 Å². The van der Waals surface area contributed by atoms with Gasteiger partial charge in [-0.3, -0.25) is 4.79 Å². The molecule has 1 heterocycles. The Morgan fingerprint density at radius 1 is 1.43 bits per heavy atom. The Kier molecular flexibility index (Phi) is 6.76. The number of aromatic nitrogens is 2. The van der Waals surface area contributed by atoms with E-state index in [-0.39, 0.29) is 11.9 Å². The van der Waals surface area contributed by atoms with Gasteiger partial charge in [-0.2, -0.15) is 0 Å². The van der Waals surface area contributed by atoms with Gasteiger partial charge in [-0.1, -0.05) is 49.3 Å². The number of hydrogen-bond donors (Lipinski definition) is 2. The molecule has 1 saturated carbocycles. The Morgan fingerprint density at radius 3 is 2.95 bits per heavy atom. The Hall–Kier alpha value is -0.820. The minimum absolute atomic E-state index is 0.0795. The molecular formula is C14H24N4OS2. The van der Waals surface area contributed by atoms with Crippen molar-refractivity contribution in [3.63, 3.8) is 0 Å². The van der Waals surface area contributed by atoms with Crippen molar-refractivity contribution in [2.24, 2.45) is 0 Å². The Bertz CT molecular complexity index is 448. The fraction of sp³-hybridized carbons (Fsp3) is 0.786. The first-order valence-corrected chi connectivity index (χ1v) is 9.49. The van der Waals surface area contributed by atoms with E-state index in [1.807, 2.05) is 0 Å². The van der Waals surface area contributed by atoms with E-state index in [1.54, 1.807) is 0 Å². The van der Waals surface area contributed by atoms with Gasteiger partial charge in [0.1, 0.15) is 0 Å². The van der Waals surface area contributed by atoms with Crippen molar-refractivity contribution < 1.29 is 4.79 Å². The fourth-order valence-corrected chi connectivity index (χ4v) is 3.59. The topological polar surface area (TPSA) is 66.9 Å². The fourth-order valence-electron chi connectivity index (χ4n) is 1.95. The molecule has 0 radical (unpaired) electrons. The molecule has 118 valence electrons. The average Bonchev–Trinajstić information content (AvgIpc) is 3.14. The minimum atomic E-state index is 0.0795. The summed E-state index contributed by atoms with van der Waals surface area (Å²) in [5, 5.41) is 15.4. The smallest absolute Gasteiger partial charge is 0.230 e. The Morgan fingerprint density at radius 2 is 2.24 bits per heavy atom. The number of nitrogens with one attached hydrogen (secondary N) is 2. The maximum atomic E-state index is 11.9. The highest BCUT2D eigenvalue weighted by molar-refractivity contribution is 8.01. The maximum absolute atomic E-state index is 11.9. The predicted octanol–water partition coefficient (Wildman–Crippen LogP) is 3.29. The molecule has 0 saturated heterocycles. The third-order valence-corrected chi connectivity index (χ3v) is 5.27. The van der Waals surface area contributed by atoms with Crippen molar-refractivity contribution in [2.45, 2.75) is 68.8 Å². The van der Waals surface area contributed by atoms with Crippen molar-refractivity contribution in [2.75, 3.05) is 11.1 Å². The third kappa shape index (κ3) is 6.65. The summed E-state index contributed by atoms with van der Waals surface area (Å²) >= 11 is 2.99. The number of thioether (sulfide) groups is 1. The van der Waals surface area contributed by atoms with Gasteiger partial charge in [0.05, 0.1) is 5.75 Å². The van der Waals surface area contributed by atoms with E-state index in [9.17, 15) is 4.79 Å². The first-order valence-electron chi connectivity index (χ1n) is 7.69. The zero-order chi connectivity index (χ0) is 15.1. The van der Waals surface area contributed by atoms with Crippen LogP contribution in [0.5, 0.6) is 0 Å². The normalized spacial score (nSPS) is 15.7. The number of unbranched alkanes of at least 4 members (excludes halogenated alkanes) is 2. The molecular weight excluding hydrogens is 304 g/mol. The van der Waals surface area contributed by atoms with E-state index >= 15 is 0 Å². The number of rotatable bonds is 10. The molecule has 1 aliphatic carbocycles. The van der Waals surface area contributed by atoms with Crippen LogP contribution in [0.15, 0.2) is 4.34 Å². The molecule has 0 bridgehead atoms. The molecule has 1 unspecified atom stereocenters. The Labute approximate surface area is 134 Å². The van der Waals surface area contributed by atoms with Gasteiger partial charge in [-0.25, -0.2) is 0 Å². The highest BCUT2D eigenvalue weighted by Crippen LogP contribution is 2.30. The molecule has 2 N–H and O–H groups in total. The van der Waals surface area contributed by atoms with E-state index in [4.69, 9.17) is 0 Å². The molecule has 1 aromatic heterocycles. The second kappa shape index (κ2) is 8.58. The van der Waals surface area contributed by atoms with Crippen molar-refractivity contribution in [1.82, 2.24) is 15.5 Å². The summed E-state index contributed by atoms with van der Waals surface area (Å²) in [6.45, 7) is 4.26. The summed E-state index contributed by atoms with van der Waals surface area (Å²) in [7, 11) is 0. The summed E-state index contributed by atoms with van der Waals surface area (Å²) in [6, 6.07) is 0.842. The molecule has 1 amide bonds. The lowest BCUT2D eigenvalue weighted by Gasteiger charge is -2.12. The van der Waals surface area contributed by atoms with E-state index in [0.29, 0.717) is 11.8 Å². The molecule has 1 aromatic rings. The van der Waals surface area contributed by atoms with Crippen molar-refractivity contribution in [3.8, 4) is 0 Å². The van der Waals surface area contributed by atoms with Crippen LogP contribution in [-0.2, 0) is 4.79 Å². The van der Waals surface area contributed by atoms with Crippen LogP contribution in [0, 0.1) is 0 Å². The largest absolute Gasteiger partial charge is 0.357 e. The third-order valence-electron chi connectivity index (χ3n) is 3.29. The highest BCUT2D eigenvalue weighted by atomic mass is 32.2. The van der Waals surface area contributed by atoms with Crippen LogP contribution in [0.25, 0.3) is 0 Å². The summed E-state index contributed by atoms with van der Waals surface area (Å²) in [5.41, 5.74) is 0. The number of carbonyl (C=O) groups excluding carboxylic acids is 1. The van der Waals surface area contributed by atoms with E-state index in [1.165, 1.54) is 55.2 Å². The predicted molar refractivity (Wildman–Crippen MR) is 89.0 cm³/mol. The van der Waals surface area contributed by atoms with Gasteiger partial charge >= 0.3 is 0 Å². The SMILES string of the molecule is CCCCCC(C)NC(=O)CSc1nnc(NC2CC2)s1. The zero-order valence-electron chi connectivity index (χ0n) is 12.7. The summed E-state index contributed by atoms with van der Waals surface area (Å²) in [4.78, 5) is 11.9. The van der Waals surface area contributed by atoms with Crippen LogP contribution >= 0.6 is 23.1 Å². The number of anilines is 1. The molecule has 7 heteroatoms. The molecule has 0 spiro atoms. The number of amides is 1. The lowest BCUT2D eigenvalue weighted by molar-refractivity contribution is -0.119. The molecule has 1 aliphatic rings. The van der Waals surface area contributed by atoms with Crippen LogP contribution in [0.2, 0.25) is 0 Å². The quantitative estimate of drug-likeness (QED) is 0.509. The van der Waals surface area contributed by atoms with E-state index in [0.717, 1.165) is 15.9 Å². The van der Waals surface area contributed by atoms with Crippen LogP contribution in [0.1, 0.15) is 52.4 Å². The first-order chi connectivity index (χ1) is 10.2. The molecule has 1 fully saturated rings. The standard InChI is InChI=1S/C14H24N4OS2/c1-3-4-5-6-10(2)15-12(19)9-20-14-18-17-13(21-14)16-11-7-8-11/h10-11H,3-9H2,1-2H3,(H,15,19)(H,16,17). The number of carbonyl (C=O) groups is 1. The van der Waals surface area contributed by atoms with E-state index < -0.39 is 0 Å². The lowest BCUT2D eigenvalue weighted by Crippen LogP contribution is -2.33. The monoisotopic (exact) mass is 328 g/mol. The molecule has 5 nitrogen and oxygen atoms in total. The van der Waals surface area contributed by atoms with Gasteiger partial charge in [0.15, 0.2) is 4.34 Å². The number of nitrogens with zero attached hydrogens (tertiary/aromatic N) is 2. The zero-order valence-corrected chi connectivity index (χ0v) is 14.4. The molecule has 0 aliphatic heterocycles. The molecule has 2 rings (SSSR count). The highest BCUT2D eigenvalue weighted by Gasteiger charge is 2.22. The van der Waals surface area contributed by atoms with Gasteiger partial charge in [0.2, 0.25) is 11.0 Å². The summed E-state index contributed by atoms with van der Waals surface area (Å²) < 4.78 is 0.854. The van der Waals surface area contributed by atoms with Crippen molar-refractivity contribution >= 4 is 34.1 Å². The Balaban J connectivity index is 1.62. The van der Waals surface area contributed by atoms with Gasteiger partial charge in [-0.15, -0.1) is 10.2 Å². The first kappa shape index (κ1) is 16.5. The van der Waals surface area contributed by atoms with Gasteiger partial charge in [0.25, 0.3) is 0 Å². The van der Waals surface area contributed by atoms with Crippen molar-refractivity contribution in [3.05, 3.63) is 0 Å². The average molecular weight is 329 g/mol.